The van der Waals surface area contributed by atoms with Crippen molar-refractivity contribution in [2.75, 3.05) is 21.1 Å². The van der Waals surface area contributed by atoms with Gasteiger partial charge in [-0.05, 0) is 56.0 Å². The Morgan fingerprint density at radius 2 is 1.97 bits per heavy atom. The number of benzene rings is 2. The molecule has 0 spiro atoms. The van der Waals surface area contributed by atoms with Gasteiger partial charge in [-0.25, -0.2) is 18.7 Å². The largest absolute Gasteiger partial charge is 0.367 e. The summed E-state index contributed by atoms with van der Waals surface area (Å²) in [4.78, 5) is 21.9. The summed E-state index contributed by atoms with van der Waals surface area (Å²) in [5, 5.41) is 6.59. The number of halogens is 2. The standard InChI is InChI=1S/C24H27F2N5OS/c1-3-10-33-31-19-9-8-18(25)22(20(19)26)30-24(32)17-12-14(2)11-16-21(17)27-13-28-23(16)29-15-6-4-5-7-15/h8-9,11-13,15,31H,3-7,10H2,1-2H3,(H,30,32)(H,27,28,29). The van der Waals surface area contributed by atoms with Gasteiger partial charge in [-0.3, -0.25) is 4.79 Å². The number of carbonyl (C=O) groups excluding carboxylic acids is 1. The van der Waals surface area contributed by atoms with Crippen LogP contribution in [0.15, 0.2) is 30.6 Å². The lowest BCUT2D eigenvalue weighted by Crippen LogP contribution is -2.18. The minimum atomic E-state index is -0.845. The van der Waals surface area contributed by atoms with Crippen LogP contribution >= 0.6 is 11.9 Å². The van der Waals surface area contributed by atoms with Gasteiger partial charge in [0.15, 0.2) is 5.82 Å². The van der Waals surface area contributed by atoms with Crippen molar-refractivity contribution in [2.45, 2.75) is 52.0 Å². The van der Waals surface area contributed by atoms with Gasteiger partial charge in [0.1, 0.15) is 23.6 Å². The summed E-state index contributed by atoms with van der Waals surface area (Å²) < 4.78 is 32.3. The van der Waals surface area contributed by atoms with Gasteiger partial charge in [0, 0.05) is 17.2 Å². The molecular formula is C24H27F2N5OS. The van der Waals surface area contributed by atoms with Gasteiger partial charge in [-0.15, -0.1) is 0 Å². The van der Waals surface area contributed by atoms with Crippen LogP contribution in [0.2, 0.25) is 0 Å². The Kier molecular flexibility index (Phi) is 7.27. The van der Waals surface area contributed by atoms with Crippen molar-refractivity contribution in [1.29, 1.82) is 0 Å². The first-order chi connectivity index (χ1) is 16.0. The monoisotopic (exact) mass is 471 g/mol. The Morgan fingerprint density at radius 1 is 1.18 bits per heavy atom. The molecule has 3 N–H and O–H groups in total. The Morgan fingerprint density at radius 3 is 2.73 bits per heavy atom. The zero-order valence-corrected chi connectivity index (χ0v) is 19.5. The quantitative estimate of drug-likeness (QED) is 0.265. The highest BCUT2D eigenvalue weighted by atomic mass is 32.2. The van der Waals surface area contributed by atoms with E-state index in [1.165, 1.54) is 37.2 Å². The number of anilines is 3. The van der Waals surface area contributed by atoms with Gasteiger partial charge in [0.2, 0.25) is 0 Å². The summed E-state index contributed by atoms with van der Waals surface area (Å²) in [5.41, 5.74) is 1.12. The van der Waals surface area contributed by atoms with Gasteiger partial charge in [0.05, 0.1) is 16.8 Å². The van der Waals surface area contributed by atoms with E-state index in [9.17, 15) is 13.6 Å². The highest BCUT2D eigenvalue weighted by Gasteiger charge is 2.22. The van der Waals surface area contributed by atoms with Gasteiger partial charge in [0.25, 0.3) is 5.91 Å². The van der Waals surface area contributed by atoms with E-state index in [0.29, 0.717) is 22.8 Å². The normalized spacial score (nSPS) is 13.9. The van der Waals surface area contributed by atoms with Crippen molar-refractivity contribution in [3.63, 3.8) is 0 Å². The van der Waals surface area contributed by atoms with Crippen molar-refractivity contribution in [3.05, 3.63) is 53.4 Å². The first-order valence-electron chi connectivity index (χ1n) is 11.2. The molecule has 9 heteroatoms. The van der Waals surface area contributed by atoms with Crippen LogP contribution in [-0.4, -0.2) is 27.7 Å². The lowest BCUT2D eigenvalue weighted by molar-refractivity contribution is 0.102. The van der Waals surface area contributed by atoms with Crippen LogP contribution in [0.5, 0.6) is 0 Å². The molecule has 1 aromatic heterocycles. The third-order valence-corrected chi connectivity index (χ3v) is 6.62. The molecule has 0 saturated heterocycles. The first kappa shape index (κ1) is 23.2. The number of nitrogens with zero attached hydrogens (tertiary/aromatic N) is 2. The molecule has 1 heterocycles. The fourth-order valence-corrected chi connectivity index (χ4v) is 4.64. The molecule has 6 nitrogen and oxygen atoms in total. The smallest absolute Gasteiger partial charge is 0.258 e. The second-order valence-electron chi connectivity index (χ2n) is 8.25. The van der Waals surface area contributed by atoms with Gasteiger partial charge >= 0.3 is 0 Å². The molecule has 3 aromatic rings. The number of amides is 1. The second kappa shape index (κ2) is 10.3. The van der Waals surface area contributed by atoms with E-state index in [2.05, 4.69) is 25.3 Å². The van der Waals surface area contributed by atoms with Crippen LogP contribution in [0.25, 0.3) is 10.9 Å². The van der Waals surface area contributed by atoms with Gasteiger partial charge < -0.3 is 15.4 Å². The molecule has 0 unspecified atom stereocenters. The van der Waals surface area contributed by atoms with E-state index >= 15 is 0 Å². The number of aryl methyl sites for hydroxylation is 1. The van der Waals surface area contributed by atoms with Crippen LogP contribution in [0.4, 0.5) is 26.0 Å². The van der Waals surface area contributed by atoms with Crippen LogP contribution in [0, 0.1) is 18.6 Å². The number of nitrogens with one attached hydrogen (secondary N) is 3. The van der Waals surface area contributed by atoms with E-state index in [1.807, 2.05) is 19.9 Å². The fourth-order valence-electron chi connectivity index (χ4n) is 4.02. The Bertz CT molecular complexity index is 1170. The summed E-state index contributed by atoms with van der Waals surface area (Å²) in [5.74, 6) is -0.888. The maximum atomic E-state index is 15.0. The molecule has 0 atom stereocenters. The highest BCUT2D eigenvalue weighted by Crippen LogP contribution is 2.31. The van der Waals surface area contributed by atoms with Crippen LogP contribution in [0.3, 0.4) is 0 Å². The summed E-state index contributed by atoms with van der Waals surface area (Å²) in [6.07, 6.45) is 6.81. The molecule has 2 aromatic carbocycles. The molecule has 0 radical (unpaired) electrons. The zero-order chi connectivity index (χ0) is 23.4. The molecule has 33 heavy (non-hydrogen) atoms. The third kappa shape index (κ3) is 5.19. The highest BCUT2D eigenvalue weighted by molar-refractivity contribution is 8.00. The predicted octanol–water partition coefficient (Wildman–Crippen LogP) is 6.29. The van der Waals surface area contributed by atoms with E-state index < -0.39 is 23.2 Å². The molecule has 1 aliphatic carbocycles. The number of carbonyl (C=O) groups is 1. The van der Waals surface area contributed by atoms with Crippen molar-refractivity contribution < 1.29 is 13.6 Å². The Labute approximate surface area is 196 Å². The zero-order valence-electron chi connectivity index (χ0n) is 18.7. The Hall–Kier alpha value is -2.94. The third-order valence-electron chi connectivity index (χ3n) is 5.64. The summed E-state index contributed by atoms with van der Waals surface area (Å²) in [6, 6.07) is 6.37. The molecular weight excluding hydrogens is 444 g/mol. The molecule has 0 aliphatic heterocycles. The number of aromatic nitrogens is 2. The Balaban J connectivity index is 1.65. The SMILES string of the molecule is CCCSNc1ccc(F)c(NC(=O)c2cc(C)cc3c(NC4CCCC4)ncnc23)c1F. The maximum Gasteiger partial charge on any atom is 0.258 e. The van der Waals surface area contributed by atoms with Crippen molar-refractivity contribution in [2.24, 2.45) is 0 Å². The summed E-state index contributed by atoms with van der Waals surface area (Å²) >= 11 is 1.32. The van der Waals surface area contributed by atoms with E-state index in [-0.39, 0.29) is 11.3 Å². The van der Waals surface area contributed by atoms with E-state index in [1.54, 1.807) is 6.07 Å². The minimum absolute atomic E-state index is 0.115. The van der Waals surface area contributed by atoms with Crippen molar-refractivity contribution >= 4 is 46.0 Å². The maximum absolute atomic E-state index is 15.0. The number of hydrogen-bond donors (Lipinski definition) is 3. The molecule has 1 amide bonds. The molecule has 1 fully saturated rings. The lowest BCUT2D eigenvalue weighted by Gasteiger charge is -2.16. The van der Waals surface area contributed by atoms with E-state index in [4.69, 9.17) is 0 Å². The van der Waals surface area contributed by atoms with Crippen LogP contribution in [-0.2, 0) is 0 Å². The van der Waals surface area contributed by atoms with Crippen LogP contribution < -0.4 is 15.4 Å². The average molecular weight is 472 g/mol. The number of fused-ring (bicyclic) bond motifs is 1. The topological polar surface area (TPSA) is 78.9 Å². The van der Waals surface area contributed by atoms with Crippen molar-refractivity contribution in [1.82, 2.24) is 9.97 Å². The molecule has 1 aliphatic rings. The summed E-state index contributed by atoms with van der Waals surface area (Å²) in [7, 11) is 0. The minimum Gasteiger partial charge on any atom is -0.367 e. The number of hydrogen-bond acceptors (Lipinski definition) is 6. The second-order valence-corrected chi connectivity index (χ2v) is 9.15. The van der Waals surface area contributed by atoms with Crippen LogP contribution in [0.1, 0.15) is 54.9 Å². The molecule has 4 rings (SSSR count). The molecule has 1 saturated carbocycles. The fraction of sp³-hybridized carbons (Fsp3) is 0.375. The van der Waals surface area contributed by atoms with Gasteiger partial charge in [-0.2, -0.15) is 0 Å². The van der Waals surface area contributed by atoms with Crippen molar-refractivity contribution in [3.8, 4) is 0 Å². The molecule has 174 valence electrons. The van der Waals surface area contributed by atoms with Gasteiger partial charge in [-0.1, -0.05) is 31.7 Å². The van der Waals surface area contributed by atoms with E-state index in [0.717, 1.165) is 36.6 Å². The lowest BCUT2D eigenvalue weighted by atomic mass is 10.0. The molecule has 0 bridgehead atoms. The average Bonchev–Trinajstić information content (AvgIpc) is 3.31. The predicted molar refractivity (Wildman–Crippen MR) is 131 cm³/mol. The number of rotatable bonds is 8. The summed E-state index contributed by atoms with van der Waals surface area (Å²) in [6.45, 7) is 3.87. The first-order valence-corrected chi connectivity index (χ1v) is 12.2.